The average molecular weight is 250 g/mol. The van der Waals surface area contributed by atoms with E-state index < -0.39 is 0 Å². The van der Waals surface area contributed by atoms with Gasteiger partial charge in [0.25, 0.3) is 0 Å². The van der Waals surface area contributed by atoms with Crippen LogP contribution in [-0.2, 0) is 11.3 Å². The van der Waals surface area contributed by atoms with Crippen LogP contribution in [0.3, 0.4) is 0 Å². The molecule has 0 aromatic carbocycles. The molecule has 1 aliphatic carbocycles. The van der Waals surface area contributed by atoms with Gasteiger partial charge in [0.2, 0.25) is 5.91 Å². The smallest absolute Gasteiger partial charge is 0.241 e. The number of aromatic nitrogens is 2. The Balaban J connectivity index is 1.86. The molecule has 0 bridgehead atoms. The van der Waals surface area contributed by atoms with Gasteiger partial charge in [0.1, 0.15) is 12.4 Å². The number of carbonyl (C=O) groups excluding carboxylic acids is 1. The molecular formula is C13H22N4O. The van der Waals surface area contributed by atoms with E-state index in [4.69, 9.17) is 5.73 Å². The number of hydrogen-bond acceptors (Lipinski definition) is 3. The Morgan fingerprint density at radius 2 is 2.33 bits per heavy atom. The van der Waals surface area contributed by atoms with Crippen LogP contribution < -0.4 is 11.1 Å². The van der Waals surface area contributed by atoms with Gasteiger partial charge in [0.15, 0.2) is 0 Å². The van der Waals surface area contributed by atoms with E-state index in [1.807, 2.05) is 0 Å². The number of hydrogen-bond donors (Lipinski definition) is 2. The highest BCUT2D eigenvalue weighted by Gasteiger charge is 2.24. The monoisotopic (exact) mass is 250 g/mol. The number of nitrogens with one attached hydrogen (secondary N) is 1. The molecule has 5 nitrogen and oxygen atoms in total. The first-order chi connectivity index (χ1) is 8.69. The summed E-state index contributed by atoms with van der Waals surface area (Å²) in [5, 5.41) is 7.15. The van der Waals surface area contributed by atoms with E-state index in [2.05, 4.69) is 17.3 Å². The molecule has 2 unspecified atom stereocenters. The molecule has 3 N–H and O–H groups in total. The summed E-state index contributed by atoms with van der Waals surface area (Å²) in [7, 11) is 0. The number of nitrogens with two attached hydrogens (primary N) is 1. The molecule has 0 radical (unpaired) electrons. The average Bonchev–Trinajstić information content (AvgIpc) is 2.75. The van der Waals surface area contributed by atoms with E-state index >= 15 is 0 Å². The fraction of sp³-hybridized carbons (Fsp3) is 0.692. The molecule has 1 aliphatic rings. The van der Waals surface area contributed by atoms with Crippen LogP contribution in [0.4, 0.5) is 5.82 Å². The van der Waals surface area contributed by atoms with Crippen molar-refractivity contribution in [1.82, 2.24) is 15.1 Å². The second-order valence-electron chi connectivity index (χ2n) is 5.06. The summed E-state index contributed by atoms with van der Waals surface area (Å²) in [6.45, 7) is 2.45. The maximum absolute atomic E-state index is 11.9. The fourth-order valence-corrected chi connectivity index (χ4v) is 2.75. The minimum Gasteiger partial charge on any atom is -0.382 e. The number of amides is 1. The molecular weight excluding hydrogens is 228 g/mol. The topological polar surface area (TPSA) is 72.9 Å². The molecule has 5 heteroatoms. The third-order valence-electron chi connectivity index (χ3n) is 3.75. The molecule has 1 fully saturated rings. The summed E-state index contributed by atoms with van der Waals surface area (Å²) in [4.78, 5) is 11.9. The van der Waals surface area contributed by atoms with Gasteiger partial charge in [-0.25, -0.2) is 0 Å². The fourth-order valence-electron chi connectivity index (χ4n) is 2.75. The molecule has 0 spiro atoms. The molecule has 1 heterocycles. The van der Waals surface area contributed by atoms with Crippen LogP contribution >= 0.6 is 0 Å². The second kappa shape index (κ2) is 5.89. The van der Waals surface area contributed by atoms with Crippen molar-refractivity contribution in [2.45, 2.75) is 51.6 Å². The Hall–Kier alpha value is -1.52. The lowest BCUT2D eigenvalue weighted by Gasteiger charge is -2.31. The van der Waals surface area contributed by atoms with Gasteiger partial charge in [0, 0.05) is 12.2 Å². The van der Waals surface area contributed by atoms with Gasteiger partial charge in [0.05, 0.1) is 0 Å². The SMILES string of the molecule is CCC1CCCCC1NC(=O)Cn1ccc(N)n1. The van der Waals surface area contributed by atoms with Crippen LogP contribution in [0.2, 0.25) is 0 Å². The summed E-state index contributed by atoms with van der Waals surface area (Å²) in [5.74, 6) is 1.11. The van der Waals surface area contributed by atoms with Gasteiger partial charge in [-0.2, -0.15) is 5.10 Å². The van der Waals surface area contributed by atoms with E-state index in [9.17, 15) is 4.79 Å². The van der Waals surface area contributed by atoms with Gasteiger partial charge < -0.3 is 11.1 Å². The normalized spacial score (nSPS) is 23.8. The third kappa shape index (κ3) is 3.24. The van der Waals surface area contributed by atoms with Gasteiger partial charge >= 0.3 is 0 Å². The lowest BCUT2D eigenvalue weighted by Crippen LogP contribution is -2.43. The number of carbonyl (C=O) groups is 1. The van der Waals surface area contributed by atoms with Crippen molar-refractivity contribution in [1.29, 1.82) is 0 Å². The maximum Gasteiger partial charge on any atom is 0.241 e. The van der Waals surface area contributed by atoms with Crippen molar-refractivity contribution >= 4 is 11.7 Å². The highest BCUT2D eigenvalue weighted by Crippen LogP contribution is 2.26. The second-order valence-corrected chi connectivity index (χ2v) is 5.06. The van der Waals surface area contributed by atoms with Gasteiger partial charge in [-0.15, -0.1) is 0 Å². The summed E-state index contributed by atoms with van der Waals surface area (Å²) in [5.41, 5.74) is 5.52. The Morgan fingerprint density at radius 1 is 1.56 bits per heavy atom. The number of rotatable bonds is 4. The standard InChI is InChI=1S/C13H22N4O/c1-2-10-5-3-4-6-11(10)15-13(18)9-17-8-7-12(14)16-17/h7-8,10-11H,2-6,9H2,1H3,(H2,14,16)(H,15,18). The number of nitrogens with zero attached hydrogens (tertiary/aromatic N) is 2. The Bertz CT molecular complexity index is 401. The Labute approximate surface area is 108 Å². The zero-order valence-electron chi connectivity index (χ0n) is 10.9. The first kappa shape index (κ1) is 12.9. The molecule has 2 atom stereocenters. The molecule has 1 aromatic heterocycles. The van der Waals surface area contributed by atoms with Crippen molar-refractivity contribution in [3.8, 4) is 0 Å². The van der Waals surface area contributed by atoms with Crippen molar-refractivity contribution in [2.24, 2.45) is 5.92 Å². The highest BCUT2D eigenvalue weighted by atomic mass is 16.2. The number of nitrogen functional groups attached to an aromatic ring is 1. The Kier molecular flexibility index (Phi) is 4.23. The van der Waals surface area contributed by atoms with Crippen molar-refractivity contribution in [2.75, 3.05) is 5.73 Å². The van der Waals surface area contributed by atoms with E-state index in [1.54, 1.807) is 16.9 Å². The van der Waals surface area contributed by atoms with Gasteiger partial charge in [-0.05, 0) is 24.8 Å². The molecule has 1 aromatic rings. The van der Waals surface area contributed by atoms with Crippen molar-refractivity contribution < 1.29 is 4.79 Å². The lowest BCUT2D eigenvalue weighted by molar-refractivity contribution is -0.123. The predicted molar refractivity (Wildman–Crippen MR) is 70.8 cm³/mol. The quantitative estimate of drug-likeness (QED) is 0.851. The van der Waals surface area contributed by atoms with Crippen molar-refractivity contribution in [3.63, 3.8) is 0 Å². The van der Waals surface area contributed by atoms with Crippen LogP contribution in [0.25, 0.3) is 0 Å². The summed E-state index contributed by atoms with van der Waals surface area (Å²) in [6, 6.07) is 2.03. The molecule has 0 aliphatic heterocycles. The molecule has 0 saturated heterocycles. The van der Waals surface area contributed by atoms with Crippen LogP contribution in [-0.4, -0.2) is 21.7 Å². The minimum absolute atomic E-state index is 0.0310. The van der Waals surface area contributed by atoms with Crippen molar-refractivity contribution in [3.05, 3.63) is 12.3 Å². The van der Waals surface area contributed by atoms with Crippen LogP contribution in [0, 0.1) is 5.92 Å². The zero-order valence-corrected chi connectivity index (χ0v) is 10.9. The molecule has 18 heavy (non-hydrogen) atoms. The lowest BCUT2D eigenvalue weighted by atomic mass is 9.83. The van der Waals surface area contributed by atoms with E-state index in [1.165, 1.54) is 19.3 Å². The number of anilines is 1. The van der Waals surface area contributed by atoms with E-state index in [-0.39, 0.29) is 12.5 Å². The first-order valence-corrected chi connectivity index (χ1v) is 6.77. The zero-order chi connectivity index (χ0) is 13.0. The largest absolute Gasteiger partial charge is 0.382 e. The van der Waals surface area contributed by atoms with Crippen LogP contribution in [0.1, 0.15) is 39.0 Å². The summed E-state index contributed by atoms with van der Waals surface area (Å²) < 4.78 is 1.58. The first-order valence-electron chi connectivity index (χ1n) is 6.77. The van der Waals surface area contributed by atoms with Gasteiger partial charge in [-0.1, -0.05) is 26.2 Å². The molecule has 1 amide bonds. The molecule has 2 rings (SSSR count). The Morgan fingerprint density at radius 3 is 3.00 bits per heavy atom. The summed E-state index contributed by atoms with van der Waals surface area (Å²) >= 11 is 0. The minimum atomic E-state index is 0.0310. The molecule has 100 valence electrons. The molecule has 1 saturated carbocycles. The van der Waals surface area contributed by atoms with Gasteiger partial charge in [-0.3, -0.25) is 9.48 Å². The predicted octanol–water partition coefficient (Wildman–Crippen LogP) is 1.55. The van der Waals surface area contributed by atoms with E-state index in [0.29, 0.717) is 17.8 Å². The van der Waals surface area contributed by atoms with Crippen LogP contribution in [0.15, 0.2) is 12.3 Å². The maximum atomic E-state index is 11.9. The van der Waals surface area contributed by atoms with E-state index in [0.717, 1.165) is 12.8 Å². The summed E-state index contributed by atoms with van der Waals surface area (Å²) in [6.07, 6.45) is 7.71. The highest BCUT2D eigenvalue weighted by molar-refractivity contribution is 5.76. The van der Waals surface area contributed by atoms with Crippen LogP contribution in [0.5, 0.6) is 0 Å². The third-order valence-corrected chi connectivity index (χ3v) is 3.75.